The Bertz CT molecular complexity index is 736. The van der Waals surface area contributed by atoms with E-state index in [0.29, 0.717) is 11.3 Å². The number of H-pyrrole nitrogens is 1. The van der Waals surface area contributed by atoms with E-state index in [0.717, 1.165) is 11.3 Å². The first-order valence-electron chi connectivity index (χ1n) is 5.91. The Hall–Kier alpha value is -2.75. The first-order chi connectivity index (χ1) is 9.36. The summed E-state index contributed by atoms with van der Waals surface area (Å²) in [6, 6.07) is 13.0. The van der Waals surface area contributed by atoms with Gasteiger partial charge in [0.05, 0.1) is 17.0 Å². The van der Waals surface area contributed by atoms with Gasteiger partial charge in [-0.3, -0.25) is 14.8 Å². The van der Waals surface area contributed by atoms with Gasteiger partial charge in [0.25, 0.3) is 5.56 Å². The number of aromatic nitrogens is 3. The molecule has 0 spiro atoms. The van der Waals surface area contributed by atoms with Gasteiger partial charge in [0, 0.05) is 24.2 Å². The number of nitrogens with one attached hydrogen (secondary N) is 1. The minimum Gasteiger partial charge on any atom is -0.328 e. The second-order valence-electron chi connectivity index (χ2n) is 4.03. The molecule has 0 aliphatic heterocycles. The van der Waals surface area contributed by atoms with Gasteiger partial charge in [0.2, 0.25) is 0 Å². The maximum Gasteiger partial charge on any atom is 0.258 e. The molecule has 0 aromatic carbocycles. The summed E-state index contributed by atoms with van der Waals surface area (Å²) in [5.74, 6) is 0. The maximum atomic E-state index is 12.1. The Balaban J connectivity index is 2.28. The van der Waals surface area contributed by atoms with Gasteiger partial charge < -0.3 is 4.98 Å². The zero-order chi connectivity index (χ0) is 13.1. The molecule has 3 heterocycles. The zero-order valence-electron chi connectivity index (χ0n) is 10.1. The van der Waals surface area contributed by atoms with Gasteiger partial charge in [0.15, 0.2) is 0 Å². The van der Waals surface area contributed by atoms with E-state index in [9.17, 15) is 4.79 Å². The van der Waals surface area contributed by atoms with Crippen LogP contribution in [0.4, 0.5) is 0 Å². The van der Waals surface area contributed by atoms with E-state index in [4.69, 9.17) is 0 Å². The number of nitrogens with zero attached hydrogens (tertiary/aromatic N) is 2. The molecule has 3 aromatic heterocycles. The summed E-state index contributed by atoms with van der Waals surface area (Å²) in [7, 11) is 0. The van der Waals surface area contributed by atoms with E-state index in [2.05, 4.69) is 15.0 Å². The van der Waals surface area contributed by atoms with Crippen molar-refractivity contribution in [2.24, 2.45) is 0 Å². The Labute approximate surface area is 109 Å². The van der Waals surface area contributed by atoms with Gasteiger partial charge in [0.1, 0.15) is 0 Å². The lowest BCUT2D eigenvalue weighted by atomic mass is 10.0. The first-order valence-corrected chi connectivity index (χ1v) is 5.91. The van der Waals surface area contributed by atoms with E-state index < -0.39 is 0 Å². The molecule has 0 aliphatic rings. The van der Waals surface area contributed by atoms with Crippen LogP contribution >= 0.6 is 0 Å². The van der Waals surface area contributed by atoms with Gasteiger partial charge in [-0.25, -0.2) is 0 Å². The molecular weight excluding hydrogens is 238 g/mol. The van der Waals surface area contributed by atoms with Crippen LogP contribution in [0.1, 0.15) is 0 Å². The fourth-order valence-electron chi connectivity index (χ4n) is 1.98. The van der Waals surface area contributed by atoms with E-state index in [1.54, 1.807) is 18.6 Å². The molecule has 0 unspecified atom stereocenters. The lowest BCUT2D eigenvalue weighted by Gasteiger charge is -2.07. The third-order valence-electron chi connectivity index (χ3n) is 2.82. The number of pyridine rings is 3. The van der Waals surface area contributed by atoms with Crippen molar-refractivity contribution in [3.05, 3.63) is 71.4 Å². The van der Waals surface area contributed by atoms with Crippen LogP contribution in [-0.2, 0) is 0 Å². The van der Waals surface area contributed by atoms with Crippen molar-refractivity contribution in [3.63, 3.8) is 0 Å². The largest absolute Gasteiger partial charge is 0.328 e. The van der Waals surface area contributed by atoms with Crippen LogP contribution < -0.4 is 5.56 Å². The highest BCUT2D eigenvalue weighted by Gasteiger charge is 2.12. The first kappa shape index (κ1) is 11.3. The molecule has 3 rings (SSSR count). The fourth-order valence-corrected chi connectivity index (χ4v) is 1.98. The quantitative estimate of drug-likeness (QED) is 0.759. The molecule has 0 bridgehead atoms. The molecule has 19 heavy (non-hydrogen) atoms. The molecule has 1 N–H and O–H groups in total. The molecule has 0 saturated carbocycles. The highest BCUT2D eigenvalue weighted by Crippen LogP contribution is 2.25. The van der Waals surface area contributed by atoms with Crippen molar-refractivity contribution in [1.29, 1.82) is 0 Å². The predicted octanol–water partition coefficient (Wildman–Crippen LogP) is 2.50. The molecule has 0 aliphatic carbocycles. The number of rotatable bonds is 2. The molecule has 4 nitrogen and oxygen atoms in total. The number of hydrogen-bond acceptors (Lipinski definition) is 3. The van der Waals surface area contributed by atoms with Crippen molar-refractivity contribution in [2.75, 3.05) is 0 Å². The highest BCUT2D eigenvalue weighted by atomic mass is 16.1. The summed E-state index contributed by atoms with van der Waals surface area (Å²) in [6.45, 7) is 0. The third kappa shape index (κ3) is 2.15. The Morgan fingerprint density at radius 1 is 0.842 bits per heavy atom. The lowest BCUT2D eigenvalue weighted by molar-refractivity contribution is 1.20. The topological polar surface area (TPSA) is 58.6 Å². The third-order valence-corrected chi connectivity index (χ3v) is 2.82. The van der Waals surface area contributed by atoms with Gasteiger partial charge >= 0.3 is 0 Å². The van der Waals surface area contributed by atoms with Gasteiger partial charge in [-0.05, 0) is 30.3 Å². The van der Waals surface area contributed by atoms with Crippen LogP contribution in [-0.4, -0.2) is 15.0 Å². The molecule has 0 radical (unpaired) electrons. The van der Waals surface area contributed by atoms with Crippen molar-refractivity contribution < 1.29 is 0 Å². The summed E-state index contributed by atoms with van der Waals surface area (Å²) >= 11 is 0. The molecular formula is C15H11N3O. The Morgan fingerprint density at radius 2 is 1.53 bits per heavy atom. The minimum atomic E-state index is -0.165. The highest BCUT2D eigenvalue weighted by molar-refractivity contribution is 5.78. The second-order valence-corrected chi connectivity index (χ2v) is 4.03. The zero-order valence-corrected chi connectivity index (χ0v) is 10.1. The summed E-state index contributed by atoms with van der Waals surface area (Å²) in [6.07, 6.45) is 5.00. The van der Waals surface area contributed by atoms with E-state index in [1.165, 1.54) is 0 Å². The predicted molar refractivity (Wildman–Crippen MR) is 73.5 cm³/mol. The van der Waals surface area contributed by atoms with Crippen molar-refractivity contribution in [2.45, 2.75) is 0 Å². The summed E-state index contributed by atoms with van der Waals surface area (Å²) in [5, 5.41) is 0. The molecule has 0 fully saturated rings. The van der Waals surface area contributed by atoms with Crippen molar-refractivity contribution in [1.82, 2.24) is 15.0 Å². The lowest BCUT2D eigenvalue weighted by Crippen LogP contribution is -2.10. The van der Waals surface area contributed by atoms with Gasteiger partial charge in [-0.1, -0.05) is 12.1 Å². The van der Waals surface area contributed by atoms with Crippen LogP contribution in [0.25, 0.3) is 22.5 Å². The molecule has 0 amide bonds. The van der Waals surface area contributed by atoms with Crippen LogP contribution in [0.5, 0.6) is 0 Å². The normalized spacial score (nSPS) is 10.3. The SMILES string of the molecule is O=c1[nH]ccc(-c2ccccn2)c1-c1ccccn1. The molecule has 4 heteroatoms. The molecule has 92 valence electrons. The second kappa shape index (κ2) is 4.86. The fraction of sp³-hybridized carbons (Fsp3) is 0. The van der Waals surface area contributed by atoms with Crippen molar-refractivity contribution in [3.8, 4) is 22.5 Å². The summed E-state index contributed by atoms with van der Waals surface area (Å²) in [5.41, 5.74) is 2.56. The molecule has 0 saturated heterocycles. The van der Waals surface area contributed by atoms with Crippen LogP contribution in [0.2, 0.25) is 0 Å². The molecule has 3 aromatic rings. The van der Waals surface area contributed by atoms with E-state index in [1.807, 2.05) is 42.5 Å². The monoisotopic (exact) mass is 249 g/mol. The minimum absolute atomic E-state index is 0.165. The maximum absolute atomic E-state index is 12.1. The average molecular weight is 249 g/mol. The van der Waals surface area contributed by atoms with Crippen LogP contribution in [0, 0.1) is 0 Å². The van der Waals surface area contributed by atoms with E-state index in [-0.39, 0.29) is 5.56 Å². The van der Waals surface area contributed by atoms with Crippen LogP contribution in [0.15, 0.2) is 65.8 Å². The standard InChI is InChI=1S/C15H11N3O/c19-15-14(13-6-2-4-9-17-13)11(7-10-18-15)12-5-1-3-8-16-12/h1-10H,(H,18,19). The van der Waals surface area contributed by atoms with Crippen LogP contribution in [0.3, 0.4) is 0 Å². The Morgan fingerprint density at radius 3 is 2.16 bits per heavy atom. The average Bonchev–Trinajstić information content (AvgIpc) is 2.49. The number of hydrogen-bond donors (Lipinski definition) is 1. The smallest absolute Gasteiger partial charge is 0.258 e. The van der Waals surface area contributed by atoms with Crippen molar-refractivity contribution >= 4 is 0 Å². The summed E-state index contributed by atoms with van der Waals surface area (Å²) in [4.78, 5) is 23.3. The number of aromatic amines is 1. The Kier molecular flexibility index (Phi) is 2.90. The van der Waals surface area contributed by atoms with E-state index >= 15 is 0 Å². The molecule has 0 atom stereocenters. The summed E-state index contributed by atoms with van der Waals surface area (Å²) < 4.78 is 0. The van der Waals surface area contributed by atoms with Gasteiger partial charge in [-0.2, -0.15) is 0 Å². The van der Waals surface area contributed by atoms with Gasteiger partial charge in [-0.15, -0.1) is 0 Å².